The molecule has 1 amide bonds. The molecule has 1 fully saturated rings. The minimum atomic E-state index is -0.213. The zero-order chi connectivity index (χ0) is 19.1. The molecule has 1 unspecified atom stereocenters. The molecule has 0 bridgehead atoms. The summed E-state index contributed by atoms with van der Waals surface area (Å²) in [6.45, 7) is 7.51. The summed E-state index contributed by atoms with van der Waals surface area (Å²) in [4.78, 5) is 20.5. The summed E-state index contributed by atoms with van der Waals surface area (Å²) in [5.41, 5.74) is 9.07. The molecule has 1 aromatic carbocycles. The van der Waals surface area contributed by atoms with E-state index in [1.807, 2.05) is 0 Å². The SMILES string of the molecule is CCNC(=NCc1ccc(N(C)C)cc1C)N1CCCC(CC(N)=O)C1.I. The van der Waals surface area contributed by atoms with Gasteiger partial charge in [0.25, 0.3) is 0 Å². The van der Waals surface area contributed by atoms with Crippen LogP contribution < -0.4 is 16.0 Å². The summed E-state index contributed by atoms with van der Waals surface area (Å²) < 4.78 is 0. The number of hydrogen-bond acceptors (Lipinski definition) is 3. The Morgan fingerprint density at radius 2 is 2.15 bits per heavy atom. The predicted molar refractivity (Wildman–Crippen MR) is 124 cm³/mol. The average molecular weight is 487 g/mol. The maximum absolute atomic E-state index is 11.2. The number of guanidine groups is 1. The van der Waals surface area contributed by atoms with E-state index in [4.69, 9.17) is 10.7 Å². The third-order valence-corrected chi connectivity index (χ3v) is 4.89. The number of carbonyl (C=O) groups excluding carboxylic acids is 1. The molecular formula is C20H34IN5O. The Kier molecular flexibility index (Phi) is 9.90. The van der Waals surface area contributed by atoms with Gasteiger partial charge in [0.1, 0.15) is 0 Å². The monoisotopic (exact) mass is 487 g/mol. The van der Waals surface area contributed by atoms with Crippen molar-refractivity contribution in [2.24, 2.45) is 16.6 Å². The number of nitrogens with one attached hydrogen (secondary N) is 1. The van der Waals surface area contributed by atoms with E-state index in [2.05, 4.69) is 61.3 Å². The molecule has 1 aliphatic heterocycles. The molecule has 2 rings (SSSR count). The van der Waals surface area contributed by atoms with Crippen molar-refractivity contribution in [3.8, 4) is 0 Å². The topological polar surface area (TPSA) is 74.0 Å². The lowest BCUT2D eigenvalue weighted by Gasteiger charge is -2.34. The number of aliphatic imine (C=N–C) groups is 1. The van der Waals surface area contributed by atoms with E-state index in [9.17, 15) is 4.79 Å². The number of amides is 1. The lowest BCUT2D eigenvalue weighted by molar-refractivity contribution is -0.119. The highest BCUT2D eigenvalue weighted by molar-refractivity contribution is 14.0. The van der Waals surface area contributed by atoms with Crippen LogP contribution in [0, 0.1) is 12.8 Å². The van der Waals surface area contributed by atoms with Gasteiger partial charge in [0.05, 0.1) is 6.54 Å². The van der Waals surface area contributed by atoms with Gasteiger partial charge in [-0.25, -0.2) is 4.99 Å². The lowest BCUT2D eigenvalue weighted by Crippen LogP contribution is -2.47. The maximum Gasteiger partial charge on any atom is 0.217 e. The molecule has 27 heavy (non-hydrogen) atoms. The van der Waals surface area contributed by atoms with E-state index in [1.165, 1.54) is 16.8 Å². The number of nitrogens with two attached hydrogens (primary N) is 1. The molecule has 1 aliphatic rings. The maximum atomic E-state index is 11.2. The predicted octanol–water partition coefficient (Wildman–Crippen LogP) is 2.73. The number of benzene rings is 1. The van der Waals surface area contributed by atoms with Crippen molar-refractivity contribution in [3.63, 3.8) is 0 Å². The molecule has 6 nitrogen and oxygen atoms in total. The highest BCUT2D eigenvalue weighted by Gasteiger charge is 2.23. The Labute approximate surface area is 180 Å². The third kappa shape index (κ3) is 7.20. The van der Waals surface area contributed by atoms with E-state index in [0.29, 0.717) is 18.9 Å². The molecule has 7 heteroatoms. The van der Waals surface area contributed by atoms with E-state index in [-0.39, 0.29) is 29.9 Å². The number of aryl methyl sites for hydroxylation is 1. The second-order valence-electron chi connectivity index (χ2n) is 7.30. The lowest BCUT2D eigenvalue weighted by atomic mass is 9.95. The van der Waals surface area contributed by atoms with E-state index < -0.39 is 0 Å². The quantitative estimate of drug-likeness (QED) is 0.368. The fourth-order valence-corrected chi connectivity index (χ4v) is 3.43. The van der Waals surface area contributed by atoms with Crippen LogP contribution in [0.1, 0.15) is 37.3 Å². The Hall–Kier alpha value is -1.51. The number of hydrogen-bond donors (Lipinski definition) is 2. The van der Waals surface area contributed by atoms with Crippen LogP contribution in [0.25, 0.3) is 0 Å². The molecule has 1 saturated heterocycles. The first-order chi connectivity index (χ1) is 12.4. The van der Waals surface area contributed by atoms with Crippen LogP contribution in [0.3, 0.4) is 0 Å². The van der Waals surface area contributed by atoms with E-state index in [0.717, 1.165) is 38.4 Å². The smallest absolute Gasteiger partial charge is 0.217 e. The molecule has 1 heterocycles. The van der Waals surface area contributed by atoms with Crippen molar-refractivity contribution >= 4 is 41.5 Å². The molecule has 1 aromatic rings. The van der Waals surface area contributed by atoms with Crippen LogP contribution in [0.5, 0.6) is 0 Å². The van der Waals surface area contributed by atoms with Gasteiger partial charge in [0.15, 0.2) is 5.96 Å². The highest BCUT2D eigenvalue weighted by Crippen LogP contribution is 2.21. The largest absolute Gasteiger partial charge is 0.378 e. The number of likely N-dealkylation sites (tertiary alicyclic amines) is 1. The molecule has 0 aromatic heterocycles. The summed E-state index contributed by atoms with van der Waals surface area (Å²) in [7, 11) is 4.10. The molecule has 0 spiro atoms. The Balaban J connectivity index is 0.00000364. The van der Waals surface area contributed by atoms with Gasteiger partial charge in [-0.05, 0) is 55.9 Å². The van der Waals surface area contributed by atoms with Crippen molar-refractivity contribution in [2.75, 3.05) is 38.6 Å². The molecule has 0 radical (unpaired) electrons. The number of anilines is 1. The summed E-state index contributed by atoms with van der Waals surface area (Å²) in [6.07, 6.45) is 2.59. The van der Waals surface area contributed by atoms with Crippen molar-refractivity contribution in [1.82, 2.24) is 10.2 Å². The molecule has 152 valence electrons. The van der Waals surface area contributed by atoms with Crippen molar-refractivity contribution in [3.05, 3.63) is 29.3 Å². The number of carbonyl (C=O) groups is 1. The number of primary amides is 1. The van der Waals surface area contributed by atoms with Gasteiger partial charge in [-0.15, -0.1) is 24.0 Å². The van der Waals surface area contributed by atoms with Gasteiger partial charge in [-0.3, -0.25) is 4.79 Å². The van der Waals surface area contributed by atoms with Gasteiger partial charge in [-0.2, -0.15) is 0 Å². The van der Waals surface area contributed by atoms with Crippen LogP contribution in [0.15, 0.2) is 23.2 Å². The summed E-state index contributed by atoms with van der Waals surface area (Å²) in [6, 6.07) is 6.49. The zero-order valence-corrected chi connectivity index (χ0v) is 19.3. The summed E-state index contributed by atoms with van der Waals surface area (Å²) in [5.74, 6) is 1.04. The van der Waals surface area contributed by atoms with Crippen molar-refractivity contribution < 1.29 is 4.79 Å². The van der Waals surface area contributed by atoms with Gasteiger partial charge in [0.2, 0.25) is 5.91 Å². The zero-order valence-electron chi connectivity index (χ0n) is 17.0. The van der Waals surface area contributed by atoms with E-state index >= 15 is 0 Å². The van der Waals surface area contributed by atoms with Crippen molar-refractivity contribution in [2.45, 2.75) is 39.7 Å². The van der Waals surface area contributed by atoms with Crippen molar-refractivity contribution in [1.29, 1.82) is 0 Å². The fourth-order valence-electron chi connectivity index (χ4n) is 3.43. The number of nitrogens with zero attached hydrogens (tertiary/aromatic N) is 3. The first kappa shape index (κ1) is 23.5. The minimum Gasteiger partial charge on any atom is -0.378 e. The Morgan fingerprint density at radius 1 is 1.41 bits per heavy atom. The minimum absolute atomic E-state index is 0. The first-order valence-corrected chi connectivity index (χ1v) is 9.49. The normalized spacial score (nSPS) is 17.3. The Morgan fingerprint density at radius 3 is 2.74 bits per heavy atom. The Bertz CT molecular complexity index is 647. The molecule has 0 aliphatic carbocycles. The summed E-state index contributed by atoms with van der Waals surface area (Å²) in [5, 5.41) is 3.40. The molecule has 3 N–H and O–H groups in total. The second-order valence-corrected chi connectivity index (χ2v) is 7.30. The first-order valence-electron chi connectivity index (χ1n) is 9.49. The van der Waals surface area contributed by atoms with Gasteiger partial charge in [-0.1, -0.05) is 6.07 Å². The van der Waals surface area contributed by atoms with Crippen LogP contribution in [-0.2, 0) is 11.3 Å². The van der Waals surface area contributed by atoms with Gasteiger partial charge < -0.3 is 20.9 Å². The van der Waals surface area contributed by atoms with Gasteiger partial charge >= 0.3 is 0 Å². The molecular weight excluding hydrogens is 453 g/mol. The standard InChI is InChI=1S/C20H33N5O.HI/c1-5-22-20(25-10-6-7-16(14-25)12-19(21)26)23-13-17-8-9-18(24(3)4)11-15(17)2;/h8-9,11,16H,5-7,10,12-14H2,1-4H3,(H2,21,26)(H,22,23);1H. The summed E-state index contributed by atoms with van der Waals surface area (Å²) >= 11 is 0. The highest BCUT2D eigenvalue weighted by atomic mass is 127. The molecule has 0 saturated carbocycles. The van der Waals surface area contributed by atoms with Crippen LogP contribution >= 0.6 is 24.0 Å². The number of halogens is 1. The van der Waals surface area contributed by atoms with Crippen LogP contribution in [0.4, 0.5) is 5.69 Å². The second kappa shape index (κ2) is 11.4. The van der Waals surface area contributed by atoms with Gasteiger partial charge in [0, 0.05) is 45.8 Å². The van der Waals surface area contributed by atoms with Crippen LogP contribution in [-0.4, -0.2) is 50.5 Å². The number of piperidine rings is 1. The van der Waals surface area contributed by atoms with E-state index in [1.54, 1.807) is 0 Å². The number of rotatable bonds is 6. The fraction of sp³-hybridized carbons (Fsp3) is 0.600. The molecule has 1 atom stereocenters. The van der Waals surface area contributed by atoms with Crippen LogP contribution in [0.2, 0.25) is 0 Å². The third-order valence-electron chi connectivity index (χ3n) is 4.89. The average Bonchev–Trinajstić information content (AvgIpc) is 2.59.